The van der Waals surface area contributed by atoms with Gasteiger partial charge in [0.25, 0.3) is 0 Å². The van der Waals surface area contributed by atoms with Crippen LogP contribution in [0.5, 0.6) is 0 Å². The summed E-state index contributed by atoms with van der Waals surface area (Å²) < 4.78 is 6.03. The molecule has 0 saturated carbocycles. The lowest BCUT2D eigenvalue weighted by Crippen LogP contribution is -2.22. The minimum Gasteiger partial charge on any atom is -0.372 e. The van der Waals surface area contributed by atoms with Gasteiger partial charge in [-0.15, -0.1) is 0 Å². The van der Waals surface area contributed by atoms with Gasteiger partial charge in [0.05, 0.1) is 5.71 Å². The predicted molar refractivity (Wildman–Crippen MR) is 84.6 cm³/mol. The summed E-state index contributed by atoms with van der Waals surface area (Å²) in [5.74, 6) is 0. The van der Waals surface area contributed by atoms with E-state index < -0.39 is 0 Å². The highest BCUT2D eigenvalue weighted by atomic mass is 16.5. The number of rotatable bonds is 5. The number of unbranched alkanes of at least 4 members (excludes halogenated alkanes) is 1. The zero-order chi connectivity index (χ0) is 13.8. The molecule has 2 aromatic carbocycles. The number of ether oxygens (including phenoxy) is 1. The Balaban J connectivity index is 1.90. The first-order valence-corrected chi connectivity index (χ1v) is 7.54. The maximum Gasteiger partial charge on any atom is 0.101 e. The van der Waals surface area contributed by atoms with E-state index in [2.05, 4.69) is 49.4 Å². The minimum absolute atomic E-state index is 0.173. The molecule has 1 atom stereocenters. The van der Waals surface area contributed by atoms with Gasteiger partial charge in [-0.3, -0.25) is 4.99 Å². The molecule has 0 radical (unpaired) electrons. The molecule has 0 fully saturated rings. The molecule has 0 aromatic heterocycles. The summed E-state index contributed by atoms with van der Waals surface area (Å²) in [4.78, 5) is 4.71. The Hall–Kier alpha value is -1.67. The van der Waals surface area contributed by atoms with Gasteiger partial charge in [0.1, 0.15) is 6.10 Å². The molecular weight excluding hydrogens is 246 g/mol. The Morgan fingerprint density at radius 1 is 1.15 bits per heavy atom. The standard InChI is InChI=1S/C18H21NO/c1-2-3-13-20-17-11-12-19-18(17)16-10-6-8-14-7-4-5-9-15(14)16/h4-10,17H,2-3,11-13H2,1H3. The zero-order valence-corrected chi connectivity index (χ0v) is 12.0. The topological polar surface area (TPSA) is 21.6 Å². The summed E-state index contributed by atoms with van der Waals surface area (Å²) in [6, 6.07) is 14.9. The van der Waals surface area contributed by atoms with Gasteiger partial charge >= 0.3 is 0 Å². The molecule has 0 bridgehead atoms. The lowest BCUT2D eigenvalue weighted by atomic mass is 9.98. The number of aliphatic imine (C=N–C) groups is 1. The van der Waals surface area contributed by atoms with E-state index in [9.17, 15) is 0 Å². The predicted octanol–water partition coefficient (Wildman–Crippen LogP) is 4.22. The van der Waals surface area contributed by atoms with Crippen molar-refractivity contribution in [3.63, 3.8) is 0 Å². The van der Waals surface area contributed by atoms with Gasteiger partial charge in [0, 0.05) is 18.7 Å². The van der Waals surface area contributed by atoms with Crippen LogP contribution >= 0.6 is 0 Å². The Morgan fingerprint density at radius 2 is 2.00 bits per heavy atom. The normalized spacial score (nSPS) is 18.4. The Labute approximate surface area is 120 Å². The molecule has 0 aliphatic carbocycles. The average molecular weight is 267 g/mol. The Bertz CT molecular complexity index is 612. The molecule has 2 aromatic rings. The second kappa shape index (κ2) is 6.19. The molecule has 0 amide bonds. The van der Waals surface area contributed by atoms with Crippen LogP contribution in [0, 0.1) is 0 Å². The summed E-state index contributed by atoms with van der Waals surface area (Å²) in [7, 11) is 0. The summed E-state index contributed by atoms with van der Waals surface area (Å²) >= 11 is 0. The summed E-state index contributed by atoms with van der Waals surface area (Å²) in [5, 5.41) is 2.55. The van der Waals surface area contributed by atoms with Crippen LogP contribution in [0.4, 0.5) is 0 Å². The van der Waals surface area contributed by atoms with Gasteiger partial charge in [-0.1, -0.05) is 55.8 Å². The van der Waals surface area contributed by atoms with Gasteiger partial charge in [-0.05, 0) is 23.6 Å². The molecule has 2 nitrogen and oxygen atoms in total. The van der Waals surface area contributed by atoms with Crippen LogP contribution in [0.3, 0.4) is 0 Å². The summed E-state index contributed by atoms with van der Waals surface area (Å²) in [6.07, 6.45) is 3.49. The van der Waals surface area contributed by atoms with E-state index in [-0.39, 0.29) is 6.10 Å². The Kier molecular flexibility index (Phi) is 4.12. The van der Waals surface area contributed by atoms with Crippen molar-refractivity contribution < 1.29 is 4.74 Å². The molecule has 0 N–H and O–H groups in total. The van der Waals surface area contributed by atoms with Crippen LogP contribution in [0.2, 0.25) is 0 Å². The van der Waals surface area contributed by atoms with Gasteiger partial charge in [0.15, 0.2) is 0 Å². The largest absolute Gasteiger partial charge is 0.372 e. The maximum absolute atomic E-state index is 6.03. The second-order valence-corrected chi connectivity index (χ2v) is 5.30. The third kappa shape index (κ3) is 2.61. The first-order valence-electron chi connectivity index (χ1n) is 7.54. The number of nitrogens with zero attached hydrogens (tertiary/aromatic N) is 1. The van der Waals surface area contributed by atoms with Crippen LogP contribution in [-0.2, 0) is 4.74 Å². The van der Waals surface area contributed by atoms with E-state index in [1.54, 1.807) is 0 Å². The zero-order valence-electron chi connectivity index (χ0n) is 12.0. The van der Waals surface area contributed by atoms with Gasteiger partial charge in [-0.2, -0.15) is 0 Å². The molecule has 1 aliphatic rings. The van der Waals surface area contributed by atoms with Crippen LogP contribution in [-0.4, -0.2) is 25.0 Å². The molecule has 2 heteroatoms. The lowest BCUT2D eigenvalue weighted by molar-refractivity contribution is 0.0968. The SMILES string of the molecule is CCCCOC1CCN=C1c1cccc2ccccc12. The van der Waals surface area contributed by atoms with Crippen molar-refractivity contribution in [1.29, 1.82) is 0 Å². The van der Waals surface area contributed by atoms with Gasteiger partial charge in [0.2, 0.25) is 0 Å². The van der Waals surface area contributed by atoms with E-state index in [1.807, 2.05) is 0 Å². The minimum atomic E-state index is 0.173. The number of hydrogen-bond donors (Lipinski definition) is 0. The van der Waals surface area contributed by atoms with E-state index >= 15 is 0 Å². The van der Waals surface area contributed by atoms with Crippen molar-refractivity contribution in [2.45, 2.75) is 32.3 Å². The Morgan fingerprint density at radius 3 is 2.90 bits per heavy atom. The molecule has 104 valence electrons. The number of benzene rings is 2. The number of hydrogen-bond acceptors (Lipinski definition) is 2. The van der Waals surface area contributed by atoms with Crippen LogP contribution in [0.25, 0.3) is 10.8 Å². The maximum atomic E-state index is 6.03. The van der Waals surface area contributed by atoms with Crippen LogP contribution < -0.4 is 0 Å². The van der Waals surface area contributed by atoms with Crippen LogP contribution in [0.1, 0.15) is 31.7 Å². The molecule has 0 saturated heterocycles. The van der Waals surface area contributed by atoms with Crippen molar-refractivity contribution in [3.05, 3.63) is 48.0 Å². The fraction of sp³-hybridized carbons (Fsp3) is 0.389. The third-order valence-corrected chi connectivity index (χ3v) is 3.86. The molecule has 20 heavy (non-hydrogen) atoms. The van der Waals surface area contributed by atoms with Crippen LogP contribution in [0.15, 0.2) is 47.5 Å². The highest BCUT2D eigenvalue weighted by Crippen LogP contribution is 2.24. The molecule has 3 rings (SSSR count). The smallest absolute Gasteiger partial charge is 0.101 e. The van der Waals surface area contributed by atoms with Crippen molar-refractivity contribution >= 4 is 16.5 Å². The van der Waals surface area contributed by atoms with Crippen molar-refractivity contribution in [2.75, 3.05) is 13.2 Å². The van der Waals surface area contributed by atoms with E-state index in [0.29, 0.717) is 0 Å². The molecule has 1 aliphatic heterocycles. The highest BCUT2D eigenvalue weighted by Gasteiger charge is 2.24. The van der Waals surface area contributed by atoms with Gasteiger partial charge < -0.3 is 4.74 Å². The lowest BCUT2D eigenvalue weighted by Gasteiger charge is -2.16. The first-order chi connectivity index (χ1) is 9.90. The monoisotopic (exact) mass is 267 g/mol. The highest BCUT2D eigenvalue weighted by molar-refractivity contribution is 6.13. The third-order valence-electron chi connectivity index (χ3n) is 3.86. The van der Waals surface area contributed by atoms with E-state index in [0.717, 1.165) is 31.7 Å². The van der Waals surface area contributed by atoms with Crippen molar-refractivity contribution in [1.82, 2.24) is 0 Å². The average Bonchev–Trinajstić information content (AvgIpc) is 2.95. The fourth-order valence-electron chi connectivity index (χ4n) is 2.78. The molecule has 1 unspecified atom stereocenters. The van der Waals surface area contributed by atoms with Crippen molar-refractivity contribution in [3.8, 4) is 0 Å². The fourth-order valence-corrected chi connectivity index (χ4v) is 2.78. The van der Waals surface area contributed by atoms with Crippen molar-refractivity contribution in [2.24, 2.45) is 4.99 Å². The molecular formula is C18H21NO. The van der Waals surface area contributed by atoms with E-state index in [1.165, 1.54) is 22.8 Å². The molecule has 1 heterocycles. The second-order valence-electron chi connectivity index (χ2n) is 5.30. The first kappa shape index (κ1) is 13.3. The quantitative estimate of drug-likeness (QED) is 0.743. The molecule has 0 spiro atoms. The summed E-state index contributed by atoms with van der Waals surface area (Å²) in [6.45, 7) is 3.91. The van der Waals surface area contributed by atoms with Gasteiger partial charge in [-0.25, -0.2) is 0 Å². The number of fused-ring (bicyclic) bond motifs is 1. The van der Waals surface area contributed by atoms with E-state index in [4.69, 9.17) is 9.73 Å². The summed E-state index contributed by atoms with van der Waals surface area (Å²) in [5.41, 5.74) is 2.38.